The maximum absolute atomic E-state index is 11.0. The van der Waals surface area contributed by atoms with Crippen molar-refractivity contribution in [2.45, 2.75) is 149 Å². The highest BCUT2D eigenvalue weighted by Gasteiger charge is 2.00. The van der Waals surface area contributed by atoms with Crippen molar-refractivity contribution in [1.82, 2.24) is 0 Å². The lowest BCUT2D eigenvalue weighted by Gasteiger charge is -2.02. The smallest absolute Gasteiger partial charge is 0.305 e. The highest BCUT2D eigenvalue weighted by atomic mass is 16.5. The van der Waals surface area contributed by atoms with Crippen LogP contribution >= 0.6 is 0 Å². The Balaban J connectivity index is 0. The van der Waals surface area contributed by atoms with Crippen molar-refractivity contribution < 1.29 is 19.4 Å². The van der Waals surface area contributed by atoms with Crippen molar-refractivity contribution in [1.29, 1.82) is 0 Å². The van der Waals surface area contributed by atoms with Crippen molar-refractivity contribution in [3.05, 3.63) is 0 Å². The molecule has 4 nitrogen and oxygen atoms in total. The summed E-state index contributed by atoms with van der Waals surface area (Å²) in [6, 6.07) is 0. The SMILES string of the molecule is CCCCCCCCCCCC(=O)O.CCCCCCCCCCCC(=O)OCC. The Bertz CT molecular complexity index is 355. The molecule has 0 aromatic rings. The Morgan fingerprint density at radius 2 is 0.867 bits per heavy atom. The molecule has 0 amide bonds. The zero-order valence-electron chi connectivity index (χ0n) is 20.5. The van der Waals surface area contributed by atoms with Crippen LogP contribution in [-0.4, -0.2) is 23.7 Å². The lowest BCUT2D eigenvalue weighted by Crippen LogP contribution is -2.03. The quantitative estimate of drug-likeness (QED) is 0.147. The fraction of sp³-hybridized carbons (Fsp3) is 0.923. The van der Waals surface area contributed by atoms with Gasteiger partial charge >= 0.3 is 11.9 Å². The predicted octanol–water partition coefficient (Wildman–Crippen LogP) is 8.46. The van der Waals surface area contributed by atoms with Crippen molar-refractivity contribution in [2.75, 3.05) is 6.61 Å². The average molecular weight is 429 g/mol. The molecular weight excluding hydrogens is 376 g/mol. The number of hydrogen-bond donors (Lipinski definition) is 1. The maximum atomic E-state index is 11.0. The molecule has 0 fully saturated rings. The lowest BCUT2D eigenvalue weighted by molar-refractivity contribution is -0.143. The van der Waals surface area contributed by atoms with E-state index in [1.54, 1.807) is 0 Å². The first-order valence-corrected chi connectivity index (χ1v) is 13.0. The zero-order chi connectivity index (χ0) is 22.7. The monoisotopic (exact) mass is 428 g/mol. The van der Waals surface area contributed by atoms with Gasteiger partial charge in [-0.05, 0) is 19.8 Å². The molecule has 180 valence electrons. The molecule has 0 aromatic carbocycles. The summed E-state index contributed by atoms with van der Waals surface area (Å²) in [5.74, 6) is -0.696. The summed E-state index contributed by atoms with van der Waals surface area (Å²) in [6.45, 7) is 6.84. The van der Waals surface area contributed by atoms with E-state index >= 15 is 0 Å². The molecule has 0 aromatic heterocycles. The van der Waals surface area contributed by atoms with Crippen LogP contribution in [0.3, 0.4) is 0 Å². The Morgan fingerprint density at radius 3 is 1.20 bits per heavy atom. The van der Waals surface area contributed by atoms with Crippen molar-refractivity contribution >= 4 is 11.9 Å². The minimum absolute atomic E-state index is 0.0366. The second-order valence-electron chi connectivity index (χ2n) is 8.36. The third-order valence-electron chi connectivity index (χ3n) is 5.28. The summed E-state index contributed by atoms with van der Waals surface area (Å²) in [5.41, 5.74) is 0. The largest absolute Gasteiger partial charge is 0.481 e. The normalized spacial score (nSPS) is 10.4. The first-order valence-electron chi connectivity index (χ1n) is 13.0. The molecule has 4 heteroatoms. The number of hydrogen-bond acceptors (Lipinski definition) is 3. The van der Waals surface area contributed by atoms with E-state index in [1.165, 1.54) is 96.3 Å². The van der Waals surface area contributed by atoms with E-state index in [1.807, 2.05) is 6.92 Å². The number of carboxylic acids is 1. The standard InChI is InChI=1S/C14H28O2.C12H24O2/c1-3-5-6-7-8-9-10-11-12-13-14(15)16-4-2;1-2-3-4-5-6-7-8-9-10-11-12(13)14/h3-13H2,1-2H3;2-11H2,1H3,(H,13,14). The highest BCUT2D eigenvalue weighted by molar-refractivity contribution is 5.69. The zero-order valence-corrected chi connectivity index (χ0v) is 20.5. The Morgan fingerprint density at radius 1 is 0.533 bits per heavy atom. The summed E-state index contributed by atoms with van der Waals surface area (Å²) in [7, 11) is 0. The minimum Gasteiger partial charge on any atom is -0.481 e. The lowest BCUT2D eigenvalue weighted by atomic mass is 10.1. The van der Waals surface area contributed by atoms with E-state index in [4.69, 9.17) is 9.84 Å². The molecule has 0 radical (unpaired) electrons. The maximum Gasteiger partial charge on any atom is 0.305 e. The number of esters is 1. The van der Waals surface area contributed by atoms with E-state index < -0.39 is 5.97 Å². The van der Waals surface area contributed by atoms with Gasteiger partial charge < -0.3 is 9.84 Å². The molecule has 1 N–H and O–H groups in total. The second-order valence-corrected chi connectivity index (χ2v) is 8.36. The van der Waals surface area contributed by atoms with E-state index in [0.717, 1.165) is 19.3 Å². The van der Waals surface area contributed by atoms with Crippen LogP contribution in [0.25, 0.3) is 0 Å². The number of aliphatic carboxylic acids is 1. The Hall–Kier alpha value is -1.06. The fourth-order valence-electron chi connectivity index (χ4n) is 3.40. The fourth-order valence-corrected chi connectivity index (χ4v) is 3.40. The van der Waals surface area contributed by atoms with Crippen LogP contribution in [-0.2, 0) is 14.3 Å². The van der Waals surface area contributed by atoms with Crippen LogP contribution in [0.15, 0.2) is 0 Å². The summed E-state index contributed by atoms with van der Waals surface area (Å²) in [4.78, 5) is 21.2. The van der Waals surface area contributed by atoms with Gasteiger partial charge in [0.2, 0.25) is 0 Å². The van der Waals surface area contributed by atoms with Gasteiger partial charge in [-0.3, -0.25) is 9.59 Å². The minimum atomic E-state index is -0.659. The number of rotatable bonds is 21. The number of carboxylic acid groups (broad SMARTS) is 1. The molecule has 0 atom stereocenters. The topological polar surface area (TPSA) is 63.6 Å². The summed E-state index contributed by atoms with van der Waals surface area (Å²) in [5, 5.41) is 8.41. The third kappa shape index (κ3) is 31.6. The van der Waals surface area contributed by atoms with E-state index in [9.17, 15) is 9.59 Å². The summed E-state index contributed by atoms with van der Waals surface area (Å²) >= 11 is 0. The van der Waals surface area contributed by atoms with Crippen molar-refractivity contribution in [3.63, 3.8) is 0 Å². The van der Waals surface area contributed by atoms with E-state index in [0.29, 0.717) is 19.4 Å². The highest BCUT2D eigenvalue weighted by Crippen LogP contribution is 2.11. The van der Waals surface area contributed by atoms with E-state index in [2.05, 4.69) is 13.8 Å². The molecule has 0 aliphatic carbocycles. The number of unbranched alkanes of at least 4 members (excludes halogenated alkanes) is 16. The molecule has 0 unspecified atom stereocenters. The Kier molecular flexibility index (Phi) is 29.0. The van der Waals surface area contributed by atoms with Crippen LogP contribution in [0.4, 0.5) is 0 Å². The van der Waals surface area contributed by atoms with Gasteiger partial charge in [-0.25, -0.2) is 0 Å². The first-order chi connectivity index (χ1) is 14.6. The number of carbonyl (C=O) groups excluding carboxylic acids is 1. The van der Waals surface area contributed by atoms with Crippen LogP contribution in [0, 0.1) is 0 Å². The average Bonchev–Trinajstić information content (AvgIpc) is 2.72. The molecule has 0 aliphatic rings. The van der Waals surface area contributed by atoms with Crippen molar-refractivity contribution in [3.8, 4) is 0 Å². The van der Waals surface area contributed by atoms with Gasteiger partial charge in [0.15, 0.2) is 0 Å². The van der Waals surface area contributed by atoms with Gasteiger partial charge in [0.1, 0.15) is 0 Å². The number of carbonyl (C=O) groups is 2. The predicted molar refractivity (Wildman–Crippen MR) is 128 cm³/mol. The third-order valence-corrected chi connectivity index (χ3v) is 5.28. The Labute approximate surface area is 187 Å². The molecule has 0 bridgehead atoms. The summed E-state index contributed by atoms with van der Waals surface area (Å²) in [6.07, 6.45) is 23.7. The molecule has 0 heterocycles. The second kappa shape index (κ2) is 27.9. The van der Waals surface area contributed by atoms with Crippen LogP contribution in [0.2, 0.25) is 0 Å². The van der Waals surface area contributed by atoms with Crippen molar-refractivity contribution in [2.24, 2.45) is 0 Å². The molecule has 0 aliphatic heterocycles. The van der Waals surface area contributed by atoms with Gasteiger partial charge in [0, 0.05) is 12.8 Å². The first kappa shape index (κ1) is 31.1. The molecule has 0 saturated heterocycles. The molecule has 0 rings (SSSR count). The molecular formula is C26H52O4. The van der Waals surface area contributed by atoms with E-state index in [-0.39, 0.29) is 5.97 Å². The molecule has 0 spiro atoms. The molecule has 0 saturated carbocycles. The summed E-state index contributed by atoms with van der Waals surface area (Å²) < 4.78 is 4.87. The van der Waals surface area contributed by atoms with Gasteiger partial charge in [0.25, 0.3) is 0 Å². The van der Waals surface area contributed by atoms with Crippen LogP contribution in [0.5, 0.6) is 0 Å². The van der Waals surface area contributed by atoms with Gasteiger partial charge in [-0.1, -0.05) is 117 Å². The van der Waals surface area contributed by atoms with Gasteiger partial charge in [0.05, 0.1) is 6.61 Å². The molecule has 30 heavy (non-hydrogen) atoms. The number of ether oxygens (including phenoxy) is 1. The van der Waals surface area contributed by atoms with Gasteiger partial charge in [-0.15, -0.1) is 0 Å². The van der Waals surface area contributed by atoms with Gasteiger partial charge in [-0.2, -0.15) is 0 Å². The van der Waals surface area contributed by atoms with Crippen LogP contribution < -0.4 is 0 Å². The van der Waals surface area contributed by atoms with Crippen LogP contribution in [0.1, 0.15) is 149 Å².